The molecular formula is C17H19ClF2IN5O2. The van der Waals surface area contributed by atoms with Crippen molar-refractivity contribution in [2.75, 3.05) is 18.9 Å². The molecule has 0 saturated heterocycles. The number of alkyl halides is 2. The Morgan fingerprint density at radius 2 is 2.11 bits per heavy atom. The molecule has 7 nitrogen and oxygen atoms in total. The molecule has 1 amide bonds. The first kappa shape index (κ1) is 23.8. The maximum absolute atomic E-state index is 12.5. The molecule has 11 heteroatoms. The summed E-state index contributed by atoms with van der Waals surface area (Å²) in [5.74, 6) is 0.0152. The summed E-state index contributed by atoms with van der Waals surface area (Å²) >= 11 is 5.91. The number of aromatic nitrogens is 1. The van der Waals surface area contributed by atoms with Crippen molar-refractivity contribution in [3.05, 3.63) is 53.3 Å². The van der Waals surface area contributed by atoms with E-state index < -0.39 is 6.61 Å². The van der Waals surface area contributed by atoms with Crippen molar-refractivity contribution < 1.29 is 18.3 Å². The van der Waals surface area contributed by atoms with Crippen LogP contribution in [0.2, 0.25) is 5.02 Å². The number of halogens is 4. The van der Waals surface area contributed by atoms with Crippen LogP contribution in [-0.4, -0.2) is 37.1 Å². The Balaban J connectivity index is 0.00000392. The molecule has 0 aliphatic rings. The fourth-order valence-electron chi connectivity index (χ4n) is 2.10. The number of nitrogens with one attached hydrogen (secondary N) is 3. The molecule has 0 aliphatic heterocycles. The van der Waals surface area contributed by atoms with Gasteiger partial charge in [-0.3, -0.25) is 14.8 Å². The summed E-state index contributed by atoms with van der Waals surface area (Å²) < 4.78 is 29.5. The number of nitrogens with zero attached hydrogens (tertiary/aromatic N) is 2. The number of carbonyl (C=O) groups excluding carboxylic acids is 1. The number of rotatable bonds is 7. The third-order valence-electron chi connectivity index (χ3n) is 3.27. The number of benzene rings is 1. The summed E-state index contributed by atoms with van der Waals surface area (Å²) in [5, 5.41) is 8.78. The van der Waals surface area contributed by atoms with Crippen molar-refractivity contribution >= 4 is 53.1 Å². The summed E-state index contributed by atoms with van der Waals surface area (Å²) in [5.41, 5.74) is 0.991. The largest absolute Gasteiger partial charge is 0.434 e. The van der Waals surface area contributed by atoms with Gasteiger partial charge in [-0.25, -0.2) is 0 Å². The van der Waals surface area contributed by atoms with Gasteiger partial charge in [0, 0.05) is 30.4 Å². The lowest BCUT2D eigenvalue weighted by molar-refractivity contribution is -0.115. The van der Waals surface area contributed by atoms with E-state index in [9.17, 15) is 13.6 Å². The van der Waals surface area contributed by atoms with E-state index in [4.69, 9.17) is 11.6 Å². The third kappa shape index (κ3) is 8.21. The van der Waals surface area contributed by atoms with Crippen molar-refractivity contribution in [3.63, 3.8) is 0 Å². The quantitative estimate of drug-likeness (QED) is 0.294. The van der Waals surface area contributed by atoms with Crippen LogP contribution in [0.3, 0.4) is 0 Å². The highest BCUT2D eigenvalue weighted by Gasteiger charge is 2.11. The molecule has 0 fully saturated rings. The number of ether oxygens (including phenoxy) is 1. The van der Waals surface area contributed by atoms with Gasteiger partial charge in [0.1, 0.15) is 5.75 Å². The molecule has 2 rings (SSSR count). The first-order valence-electron chi connectivity index (χ1n) is 7.85. The number of anilines is 1. The summed E-state index contributed by atoms with van der Waals surface area (Å²) in [6.45, 7) is -2.88. The molecule has 0 bridgehead atoms. The van der Waals surface area contributed by atoms with Gasteiger partial charge < -0.3 is 20.7 Å². The van der Waals surface area contributed by atoms with E-state index in [1.54, 1.807) is 18.3 Å². The lowest BCUT2D eigenvalue weighted by Crippen LogP contribution is -2.41. The first-order chi connectivity index (χ1) is 13.0. The summed E-state index contributed by atoms with van der Waals surface area (Å²) in [6.07, 6.45) is 3.12. The average Bonchev–Trinajstić information content (AvgIpc) is 2.64. The Bertz CT molecular complexity index is 796. The minimum Gasteiger partial charge on any atom is -0.434 e. The first-order valence-corrected chi connectivity index (χ1v) is 8.23. The van der Waals surface area contributed by atoms with Crippen LogP contribution in [0.1, 0.15) is 5.56 Å². The Labute approximate surface area is 182 Å². The maximum atomic E-state index is 12.5. The molecule has 0 saturated carbocycles. The van der Waals surface area contributed by atoms with Gasteiger partial charge in [0.15, 0.2) is 5.96 Å². The lowest BCUT2D eigenvalue weighted by atomic mass is 10.2. The molecule has 1 heterocycles. The maximum Gasteiger partial charge on any atom is 0.387 e. The minimum atomic E-state index is -2.95. The molecule has 28 heavy (non-hydrogen) atoms. The number of amides is 1. The fraction of sp³-hybridized carbons (Fsp3) is 0.235. The number of pyridine rings is 1. The van der Waals surface area contributed by atoms with E-state index >= 15 is 0 Å². The van der Waals surface area contributed by atoms with Crippen molar-refractivity contribution in [3.8, 4) is 5.75 Å². The van der Waals surface area contributed by atoms with Gasteiger partial charge in [-0.05, 0) is 30.3 Å². The van der Waals surface area contributed by atoms with Gasteiger partial charge in [0.05, 0.1) is 18.4 Å². The molecule has 1 aromatic carbocycles. The normalized spacial score (nSPS) is 10.8. The minimum absolute atomic E-state index is 0. The molecule has 0 radical (unpaired) electrons. The Hall–Kier alpha value is -2.21. The predicted octanol–water partition coefficient (Wildman–Crippen LogP) is 3.26. The molecule has 3 N–H and O–H groups in total. The van der Waals surface area contributed by atoms with E-state index in [1.807, 2.05) is 0 Å². The monoisotopic (exact) mass is 525 g/mol. The van der Waals surface area contributed by atoms with Crippen LogP contribution in [0, 0.1) is 0 Å². The van der Waals surface area contributed by atoms with Crippen LogP contribution < -0.4 is 20.7 Å². The molecule has 2 aromatic rings. The summed E-state index contributed by atoms with van der Waals surface area (Å²) in [4.78, 5) is 19.8. The predicted molar refractivity (Wildman–Crippen MR) is 115 cm³/mol. The van der Waals surface area contributed by atoms with Gasteiger partial charge in [0.25, 0.3) is 0 Å². The molecule has 152 valence electrons. The van der Waals surface area contributed by atoms with E-state index in [0.717, 1.165) is 0 Å². The van der Waals surface area contributed by atoms with E-state index in [-0.39, 0.29) is 48.7 Å². The number of hydrogen-bond donors (Lipinski definition) is 3. The third-order valence-corrected chi connectivity index (χ3v) is 3.51. The van der Waals surface area contributed by atoms with E-state index in [1.165, 1.54) is 31.4 Å². The number of hydrogen-bond acceptors (Lipinski definition) is 4. The zero-order chi connectivity index (χ0) is 19.6. The molecular weight excluding hydrogens is 507 g/mol. The standard InChI is InChI=1S/C17H18ClF2N5O2.HI/c1-21-17(24-10-15(26)25-13-3-2-6-22-9-13)23-8-11-7-12(18)4-5-14(11)27-16(19)20;/h2-7,9,16H,8,10H2,1H3,(H,25,26)(H2,21,23,24);1H. The van der Waals surface area contributed by atoms with Crippen LogP contribution in [0.25, 0.3) is 0 Å². The smallest absolute Gasteiger partial charge is 0.387 e. The van der Waals surface area contributed by atoms with Crippen molar-refractivity contribution in [2.45, 2.75) is 13.2 Å². The van der Waals surface area contributed by atoms with Crippen molar-refractivity contribution in [2.24, 2.45) is 4.99 Å². The Kier molecular flexibility index (Phi) is 10.5. The van der Waals surface area contributed by atoms with Gasteiger partial charge in [-0.2, -0.15) is 8.78 Å². The summed E-state index contributed by atoms with van der Waals surface area (Å²) in [6, 6.07) is 7.74. The highest BCUT2D eigenvalue weighted by Crippen LogP contribution is 2.24. The second-order valence-electron chi connectivity index (χ2n) is 5.20. The van der Waals surface area contributed by atoms with E-state index in [0.29, 0.717) is 22.2 Å². The van der Waals surface area contributed by atoms with Crippen LogP contribution in [-0.2, 0) is 11.3 Å². The van der Waals surface area contributed by atoms with E-state index in [2.05, 4.69) is 30.7 Å². The SMILES string of the molecule is CN=C(NCC(=O)Nc1cccnc1)NCc1cc(Cl)ccc1OC(F)F.I. The topological polar surface area (TPSA) is 87.6 Å². The zero-order valence-corrected chi connectivity index (χ0v) is 17.9. The second kappa shape index (κ2) is 12.3. The van der Waals surface area contributed by atoms with Crippen molar-refractivity contribution in [1.29, 1.82) is 0 Å². The average molecular weight is 526 g/mol. The van der Waals surface area contributed by atoms with Crippen LogP contribution in [0.5, 0.6) is 5.75 Å². The van der Waals surface area contributed by atoms with Crippen LogP contribution >= 0.6 is 35.6 Å². The summed E-state index contributed by atoms with van der Waals surface area (Å²) in [7, 11) is 1.52. The molecule has 0 atom stereocenters. The second-order valence-corrected chi connectivity index (χ2v) is 5.64. The number of guanidine groups is 1. The van der Waals surface area contributed by atoms with Gasteiger partial charge in [-0.15, -0.1) is 24.0 Å². The van der Waals surface area contributed by atoms with Crippen LogP contribution in [0.15, 0.2) is 47.7 Å². The zero-order valence-electron chi connectivity index (χ0n) is 14.8. The molecule has 1 aromatic heterocycles. The van der Waals surface area contributed by atoms with Gasteiger partial charge >= 0.3 is 6.61 Å². The molecule has 0 spiro atoms. The van der Waals surface area contributed by atoms with Crippen molar-refractivity contribution in [1.82, 2.24) is 15.6 Å². The van der Waals surface area contributed by atoms with Gasteiger partial charge in [0.2, 0.25) is 5.91 Å². The van der Waals surface area contributed by atoms with Crippen LogP contribution in [0.4, 0.5) is 14.5 Å². The highest BCUT2D eigenvalue weighted by atomic mass is 127. The number of aliphatic imine (C=N–C) groups is 1. The number of carbonyl (C=O) groups is 1. The Morgan fingerprint density at radius 3 is 2.75 bits per heavy atom. The highest BCUT2D eigenvalue weighted by molar-refractivity contribution is 14.0. The van der Waals surface area contributed by atoms with Gasteiger partial charge in [-0.1, -0.05) is 11.6 Å². The Morgan fingerprint density at radius 1 is 1.32 bits per heavy atom. The fourth-order valence-corrected chi connectivity index (χ4v) is 2.30. The molecule has 0 unspecified atom stereocenters. The molecule has 0 aliphatic carbocycles. The lowest BCUT2D eigenvalue weighted by Gasteiger charge is -2.15.